The van der Waals surface area contributed by atoms with E-state index < -0.39 is 11.8 Å². The molecule has 0 spiro atoms. The Kier molecular flexibility index (Phi) is 4.10. The first-order valence-corrected chi connectivity index (χ1v) is 7.67. The topological polar surface area (TPSA) is 43.8 Å². The van der Waals surface area contributed by atoms with E-state index in [1.807, 2.05) is 4.90 Å². The van der Waals surface area contributed by atoms with Crippen LogP contribution in [0, 0.1) is 5.82 Å². The lowest BCUT2D eigenvalue weighted by Gasteiger charge is -2.32. The third kappa shape index (κ3) is 2.88. The number of carboxylic acids is 1. The van der Waals surface area contributed by atoms with Crippen LogP contribution in [0.15, 0.2) is 18.2 Å². The first-order valence-electron chi connectivity index (χ1n) is 7.67. The van der Waals surface area contributed by atoms with Crippen LogP contribution in [0.1, 0.15) is 36.0 Å². The van der Waals surface area contributed by atoms with Crippen LogP contribution in [0.2, 0.25) is 0 Å². The van der Waals surface area contributed by atoms with Gasteiger partial charge in [-0.3, -0.25) is 4.90 Å². The fourth-order valence-electron chi connectivity index (χ4n) is 3.54. The molecule has 2 fully saturated rings. The van der Waals surface area contributed by atoms with Gasteiger partial charge in [0.1, 0.15) is 5.82 Å². The van der Waals surface area contributed by atoms with Crippen LogP contribution in [0.25, 0.3) is 0 Å². The number of hydrogen-bond donors (Lipinski definition) is 1. The van der Waals surface area contributed by atoms with E-state index in [1.165, 1.54) is 37.5 Å². The van der Waals surface area contributed by atoms with Gasteiger partial charge in [-0.15, -0.1) is 0 Å². The van der Waals surface area contributed by atoms with E-state index in [1.54, 1.807) is 0 Å². The molecule has 21 heavy (non-hydrogen) atoms. The maximum absolute atomic E-state index is 14.1. The van der Waals surface area contributed by atoms with E-state index in [-0.39, 0.29) is 11.3 Å². The van der Waals surface area contributed by atoms with Crippen molar-refractivity contribution in [2.45, 2.75) is 31.7 Å². The summed E-state index contributed by atoms with van der Waals surface area (Å²) in [6, 6.07) is 4.71. The molecule has 1 atom stereocenters. The zero-order chi connectivity index (χ0) is 14.8. The molecule has 0 amide bonds. The summed E-state index contributed by atoms with van der Waals surface area (Å²) in [6.45, 7) is 3.67. The SMILES string of the molecule is O=C(O)c1cccc(F)c1N1CCC(N2CCCCC2)C1. The third-order valence-corrected chi connectivity index (χ3v) is 4.60. The van der Waals surface area contributed by atoms with E-state index in [2.05, 4.69) is 4.90 Å². The van der Waals surface area contributed by atoms with Gasteiger partial charge in [-0.1, -0.05) is 12.5 Å². The van der Waals surface area contributed by atoms with Gasteiger partial charge in [-0.25, -0.2) is 9.18 Å². The van der Waals surface area contributed by atoms with E-state index in [0.29, 0.717) is 6.04 Å². The molecule has 4 nitrogen and oxygen atoms in total. The molecule has 0 bridgehead atoms. The molecular formula is C16H21FN2O2. The summed E-state index contributed by atoms with van der Waals surface area (Å²) in [5.41, 5.74) is 0.318. The summed E-state index contributed by atoms with van der Waals surface area (Å²) >= 11 is 0. The molecule has 3 rings (SSSR count). The van der Waals surface area contributed by atoms with Gasteiger partial charge in [-0.2, -0.15) is 0 Å². The zero-order valence-electron chi connectivity index (χ0n) is 12.1. The van der Waals surface area contributed by atoms with Crippen molar-refractivity contribution in [2.24, 2.45) is 0 Å². The van der Waals surface area contributed by atoms with Gasteiger partial charge in [-0.05, 0) is 44.5 Å². The van der Waals surface area contributed by atoms with Gasteiger partial charge >= 0.3 is 5.97 Å². The molecule has 1 N–H and O–H groups in total. The third-order valence-electron chi connectivity index (χ3n) is 4.60. The van der Waals surface area contributed by atoms with Crippen LogP contribution in [0.3, 0.4) is 0 Å². The highest BCUT2D eigenvalue weighted by Gasteiger charge is 2.31. The Bertz CT molecular complexity index is 529. The lowest BCUT2D eigenvalue weighted by molar-refractivity contribution is 0.0697. The van der Waals surface area contributed by atoms with Gasteiger partial charge < -0.3 is 10.0 Å². The first kappa shape index (κ1) is 14.3. The molecule has 0 radical (unpaired) electrons. The minimum atomic E-state index is -1.06. The molecule has 1 aromatic carbocycles. The first-order chi connectivity index (χ1) is 10.2. The van der Waals surface area contributed by atoms with E-state index in [0.717, 1.165) is 32.6 Å². The lowest BCUT2D eigenvalue weighted by Crippen LogP contribution is -2.41. The van der Waals surface area contributed by atoms with Crippen LogP contribution in [0.5, 0.6) is 0 Å². The normalized spacial score (nSPS) is 23.5. The summed E-state index contributed by atoms with van der Waals surface area (Å²) < 4.78 is 14.1. The Morgan fingerprint density at radius 1 is 1.19 bits per heavy atom. The average molecular weight is 292 g/mol. The van der Waals surface area contributed by atoms with Gasteiger partial charge in [0.15, 0.2) is 0 Å². The number of carboxylic acid groups (broad SMARTS) is 1. The van der Waals surface area contributed by atoms with Crippen molar-refractivity contribution >= 4 is 11.7 Å². The molecule has 0 aliphatic carbocycles. The number of carbonyl (C=O) groups is 1. The van der Waals surface area contributed by atoms with Crippen molar-refractivity contribution in [1.29, 1.82) is 0 Å². The minimum absolute atomic E-state index is 0.0642. The Hall–Kier alpha value is -1.62. The molecule has 2 aliphatic heterocycles. The van der Waals surface area contributed by atoms with Crippen LogP contribution in [0.4, 0.5) is 10.1 Å². The molecular weight excluding hydrogens is 271 g/mol. The summed E-state index contributed by atoms with van der Waals surface area (Å²) in [5, 5.41) is 9.26. The number of para-hydroxylation sites is 1. The number of likely N-dealkylation sites (tertiary alicyclic amines) is 1. The largest absolute Gasteiger partial charge is 0.478 e. The fraction of sp³-hybridized carbons (Fsp3) is 0.562. The van der Waals surface area contributed by atoms with Crippen LogP contribution >= 0.6 is 0 Å². The number of hydrogen-bond acceptors (Lipinski definition) is 3. The molecule has 0 aromatic heterocycles. The molecule has 1 aromatic rings. The van der Waals surface area contributed by atoms with E-state index in [4.69, 9.17) is 0 Å². The van der Waals surface area contributed by atoms with Crippen molar-refractivity contribution in [3.05, 3.63) is 29.6 Å². The highest BCUT2D eigenvalue weighted by atomic mass is 19.1. The van der Waals surface area contributed by atoms with Gasteiger partial charge in [0.2, 0.25) is 0 Å². The summed E-state index contributed by atoms with van der Waals surface area (Å²) in [6.07, 6.45) is 4.74. The standard InChI is InChI=1S/C16H21FN2O2/c17-14-6-4-5-13(16(20)21)15(14)19-10-7-12(11-19)18-8-2-1-3-9-18/h4-6,12H,1-3,7-11H2,(H,20,21). The average Bonchev–Trinajstić information content (AvgIpc) is 2.97. The predicted molar refractivity (Wildman–Crippen MR) is 79.4 cm³/mol. The van der Waals surface area contributed by atoms with Crippen LogP contribution < -0.4 is 4.90 Å². The molecule has 2 aliphatic rings. The van der Waals surface area contributed by atoms with Gasteiger partial charge in [0.05, 0.1) is 11.3 Å². The number of rotatable bonds is 3. The second kappa shape index (κ2) is 6.02. The minimum Gasteiger partial charge on any atom is -0.478 e. The maximum Gasteiger partial charge on any atom is 0.337 e. The zero-order valence-corrected chi connectivity index (χ0v) is 12.1. The van der Waals surface area contributed by atoms with Gasteiger partial charge in [0, 0.05) is 19.1 Å². The second-order valence-corrected chi connectivity index (χ2v) is 5.93. The van der Waals surface area contributed by atoms with Crippen molar-refractivity contribution in [2.75, 3.05) is 31.1 Å². The van der Waals surface area contributed by atoms with Crippen LogP contribution in [-0.4, -0.2) is 48.2 Å². The van der Waals surface area contributed by atoms with Crippen LogP contribution in [-0.2, 0) is 0 Å². The quantitative estimate of drug-likeness (QED) is 0.930. The highest BCUT2D eigenvalue weighted by molar-refractivity contribution is 5.94. The number of piperidine rings is 1. The summed E-state index contributed by atoms with van der Waals surface area (Å²) in [5.74, 6) is -1.50. The summed E-state index contributed by atoms with van der Waals surface area (Å²) in [7, 11) is 0. The number of nitrogens with zero attached hydrogens (tertiary/aromatic N) is 2. The summed E-state index contributed by atoms with van der Waals surface area (Å²) in [4.78, 5) is 15.7. The Morgan fingerprint density at radius 2 is 1.95 bits per heavy atom. The molecule has 0 saturated carbocycles. The Labute approximate surface area is 124 Å². The maximum atomic E-state index is 14.1. The van der Waals surface area contributed by atoms with Crippen molar-refractivity contribution < 1.29 is 14.3 Å². The number of benzene rings is 1. The number of halogens is 1. The molecule has 2 saturated heterocycles. The second-order valence-electron chi connectivity index (χ2n) is 5.93. The van der Waals surface area contributed by atoms with Crippen molar-refractivity contribution in [1.82, 2.24) is 4.90 Å². The van der Waals surface area contributed by atoms with Gasteiger partial charge in [0.25, 0.3) is 0 Å². The number of aromatic carboxylic acids is 1. The highest BCUT2D eigenvalue weighted by Crippen LogP contribution is 2.30. The molecule has 2 heterocycles. The fourth-order valence-corrected chi connectivity index (χ4v) is 3.54. The number of anilines is 1. The van der Waals surface area contributed by atoms with Crippen molar-refractivity contribution in [3.63, 3.8) is 0 Å². The smallest absolute Gasteiger partial charge is 0.337 e. The molecule has 114 valence electrons. The van der Waals surface area contributed by atoms with Crippen molar-refractivity contribution in [3.8, 4) is 0 Å². The molecule has 5 heteroatoms. The lowest BCUT2D eigenvalue weighted by atomic mass is 10.1. The monoisotopic (exact) mass is 292 g/mol. The molecule has 1 unspecified atom stereocenters. The Morgan fingerprint density at radius 3 is 2.67 bits per heavy atom. The predicted octanol–water partition coefficient (Wildman–Crippen LogP) is 2.59. The van der Waals surface area contributed by atoms with E-state index in [9.17, 15) is 14.3 Å². The van der Waals surface area contributed by atoms with E-state index >= 15 is 0 Å². The Balaban J connectivity index is 1.78.